The highest BCUT2D eigenvalue weighted by molar-refractivity contribution is 9.11. The van der Waals surface area contributed by atoms with E-state index in [0.29, 0.717) is 16.3 Å². The van der Waals surface area contributed by atoms with Crippen molar-refractivity contribution in [2.75, 3.05) is 18.1 Å². The number of nitrogens with two attached hydrogens (primary N) is 1. The van der Waals surface area contributed by atoms with Gasteiger partial charge in [0.05, 0.1) is 10.2 Å². The van der Waals surface area contributed by atoms with E-state index in [1.807, 2.05) is 6.92 Å². The molecule has 10 heteroatoms. The van der Waals surface area contributed by atoms with Crippen LogP contribution in [0.15, 0.2) is 17.0 Å². The molecule has 1 fully saturated rings. The van der Waals surface area contributed by atoms with Crippen molar-refractivity contribution < 1.29 is 4.79 Å². The summed E-state index contributed by atoms with van der Waals surface area (Å²) in [6.45, 7) is 2.04. The molecule has 27 heavy (non-hydrogen) atoms. The van der Waals surface area contributed by atoms with E-state index in [9.17, 15) is 4.79 Å². The van der Waals surface area contributed by atoms with Crippen molar-refractivity contribution in [1.29, 1.82) is 10.8 Å². The van der Waals surface area contributed by atoms with Crippen LogP contribution in [0.4, 0.5) is 11.6 Å². The average molecular weight is 437 g/mol. The van der Waals surface area contributed by atoms with Gasteiger partial charge in [-0.25, -0.2) is 9.97 Å². The summed E-state index contributed by atoms with van der Waals surface area (Å²) in [5.41, 5.74) is 5.65. The number of carbonyl (C=O) groups excluding carboxylic acids is 1. The summed E-state index contributed by atoms with van der Waals surface area (Å²) in [6.07, 6.45) is 7.42. The molecule has 1 unspecified atom stereocenters. The molecule has 1 atom stereocenters. The van der Waals surface area contributed by atoms with Crippen molar-refractivity contribution in [3.05, 3.63) is 22.6 Å². The quantitative estimate of drug-likeness (QED) is 0.208. The lowest BCUT2D eigenvalue weighted by atomic mass is 9.81. The maximum absolute atomic E-state index is 12.4. The number of halogens is 1. The van der Waals surface area contributed by atoms with Gasteiger partial charge in [0.1, 0.15) is 29.5 Å². The van der Waals surface area contributed by atoms with E-state index < -0.39 is 11.6 Å². The lowest BCUT2D eigenvalue weighted by molar-refractivity contribution is -0.113. The largest absolute Gasteiger partial charge is 0.383 e. The summed E-state index contributed by atoms with van der Waals surface area (Å²) in [5, 5.41) is 24.4. The molecule has 2 rings (SSSR count). The third-order valence-electron chi connectivity index (χ3n) is 4.41. The lowest BCUT2D eigenvalue weighted by Crippen LogP contribution is -2.36. The monoisotopic (exact) mass is 436 g/mol. The Bertz CT molecular complexity index is 759. The minimum Gasteiger partial charge on any atom is -0.383 e. The Morgan fingerprint density at radius 1 is 1.44 bits per heavy atom. The van der Waals surface area contributed by atoms with Crippen molar-refractivity contribution in [2.24, 2.45) is 5.92 Å². The molecular weight excluding hydrogens is 412 g/mol. The maximum Gasteiger partial charge on any atom is 0.275 e. The minimum absolute atomic E-state index is 0.0435. The van der Waals surface area contributed by atoms with Crippen LogP contribution in [0.25, 0.3) is 0 Å². The molecule has 146 valence electrons. The molecule has 1 aromatic rings. The molecule has 9 nitrogen and oxygen atoms in total. The number of amides is 1. The summed E-state index contributed by atoms with van der Waals surface area (Å²) in [5.74, 6) is 0.170. The Labute approximate surface area is 166 Å². The van der Waals surface area contributed by atoms with Crippen LogP contribution in [0, 0.1) is 16.7 Å². The fraction of sp³-hybridized carbons (Fsp3) is 0.471. The molecule has 0 spiro atoms. The zero-order valence-electron chi connectivity index (χ0n) is 15.4. The van der Waals surface area contributed by atoms with E-state index in [1.54, 1.807) is 7.05 Å². The predicted octanol–water partition coefficient (Wildman–Crippen LogP) is 1.97. The number of amidine groups is 1. The number of hydrogen-bond acceptors (Lipinski definition) is 8. The van der Waals surface area contributed by atoms with Crippen LogP contribution in [0.2, 0.25) is 0 Å². The molecule has 0 bridgehead atoms. The van der Waals surface area contributed by atoms with Gasteiger partial charge >= 0.3 is 0 Å². The number of nitrogens with zero attached hydrogens (tertiary/aromatic N) is 2. The van der Waals surface area contributed by atoms with Crippen molar-refractivity contribution >= 4 is 45.0 Å². The SMILES string of the molecule is CN/C(Br)=C\C(=N)NC(=O)C(=N)c1c(N)ncnc1NC(C)CC1CCC1. The highest BCUT2D eigenvalue weighted by Gasteiger charge is 2.24. The topological polar surface area (TPSA) is 153 Å². The fourth-order valence-electron chi connectivity index (χ4n) is 2.81. The molecular formula is C17H25BrN8O. The zero-order valence-corrected chi connectivity index (χ0v) is 17.0. The Kier molecular flexibility index (Phi) is 7.28. The number of hydrogen-bond donors (Lipinski definition) is 6. The van der Waals surface area contributed by atoms with E-state index in [0.717, 1.165) is 6.42 Å². The van der Waals surface area contributed by atoms with Crippen molar-refractivity contribution in [2.45, 2.75) is 38.6 Å². The highest BCUT2D eigenvalue weighted by Crippen LogP contribution is 2.31. The number of rotatable bonds is 8. The van der Waals surface area contributed by atoms with Gasteiger partial charge in [0.25, 0.3) is 5.91 Å². The van der Waals surface area contributed by atoms with Crippen LogP contribution in [-0.4, -0.2) is 40.5 Å². The number of nitrogen functional groups attached to an aromatic ring is 1. The molecule has 0 radical (unpaired) electrons. The first-order valence-electron chi connectivity index (χ1n) is 8.72. The van der Waals surface area contributed by atoms with Crippen LogP contribution < -0.4 is 21.7 Å². The lowest BCUT2D eigenvalue weighted by Gasteiger charge is -2.29. The molecule has 1 heterocycles. The normalized spacial score (nSPS) is 15.4. The van der Waals surface area contributed by atoms with Gasteiger partial charge in [-0.1, -0.05) is 19.3 Å². The second-order valence-corrected chi connectivity index (χ2v) is 7.40. The third-order valence-corrected chi connectivity index (χ3v) is 5.03. The molecule has 7 N–H and O–H groups in total. The second-order valence-electron chi connectivity index (χ2n) is 6.55. The third kappa shape index (κ3) is 5.75. The first-order chi connectivity index (χ1) is 12.8. The molecule has 1 saturated carbocycles. The predicted molar refractivity (Wildman–Crippen MR) is 110 cm³/mol. The molecule has 1 aromatic heterocycles. The van der Waals surface area contributed by atoms with Gasteiger partial charge in [-0.2, -0.15) is 0 Å². The average Bonchev–Trinajstić information content (AvgIpc) is 2.57. The van der Waals surface area contributed by atoms with Gasteiger partial charge in [-0.05, 0) is 35.2 Å². The van der Waals surface area contributed by atoms with Gasteiger partial charge in [-0.15, -0.1) is 0 Å². The second kappa shape index (κ2) is 9.45. The highest BCUT2D eigenvalue weighted by atomic mass is 79.9. The van der Waals surface area contributed by atoms with Crippen LogP contribution >= 0.6 is 15.9 Å². The molecule has 0 saturated heterocycles. The number of aromatic nitrogens is 2. The van der Waals surface area contributed by atoms with E-state index >= 15 is 0 Å². The summed E-state index contributed by atoms with van der Waals surface area (Å²) >= 11 is 3.18. The first kappa shape index (κ1) is 20.8. The number of carbonyl (C=O) groups is 1. The van der Waals surface area contributed by atoms with Crippen LogP contribution in [0.5, 0.6) is 0 Å². The summed E-state index contributed by atoms with van der Waals surface area (Å²) in [6, 6.07) is 0.132. The molecule has 0 aromatic carbocycles. The molecule has 0 aliphatic heterocycles. The first-order valence-corrected chi connectivity index (χ1v) is 9.51. The minimum atomic E-state index is -0.760. The van der Waals surface area contributed by atoms with Crippen molar-refractivity contribution in [1.82, 2.24) is 20.6 Å². The Morgan fingerprint density at radius 2 is 2.15 bits per heavy atom. The van der Waals surface area contributed by atoms with Gasteiger partial charge < -0.3 is 21.7 Å². The van der Waals surface area contributed by atoms with Crippen molar-refractivity contribution in [3.8, 4) is 0 Å². The Morgan fingerprint density at radius 3 is 2.74 bits per heavy atom. The standard InChI is InChI=1S/C17H25BrN8O/c1-9(6-10-4-3-5-10)25-16-13(15(21)23-8-24-16)14(20)17(27)26-12(19)7-11(18)22-2/h7-10,20,22H,3-6H2,1-2H3,(H2,19,26,27)(H3,21,23,24,25)/b11-7-,20-14?. The van der Waals surface area contributed by atoms with Crippen molar-refractivity contribution in [3.63, 3.8) is 0 Å². The van der Waals surface area contributed by atoms with Gasteiger partial charge in [0.15, 0.2) is 0 Å². The molecule has 1 aliphatic carbocycles. The van der Waals surface area contributed by atoms with Crippen LogP contribution in [-0.2, 0) is 4.79 Å². The van der Waals surface area contributed by atoms with Crippen LogP contribution in [0.3, 0.4) is 0 Å². The Hall–Kier alpha value is -2.49. The maximum atomic E-state index is 12.4. The summed E-state index contributed by atoms with van der Waals surface area (Å²) in [4.78, 5) is 20.4. The van der Waals surface area contributed by atoms with E-state index in [2.05, 4.69) is 41.8 Å². The van der Waals surface area contributed by atoms with Gasteiger partial charge in [-0.3, -0.25) is 15.6 Å². The number of nitrogens with one attached hydrogen (secondary N) is 5. The van der Waals surface area contributed by atoms with Crippen LogP contribution in [0.1, 0.15) is 38.2 Å². The number of anilines is 2. The summed E-state index contributed by atoms with van der Waals surface area (Å²) < 4.78 is 0.522. The fourth-order valence-corrected chi connectivity index (χ4v) is 3.04. The molecule has 1 amide bonds. The zero-order chi connectivity index (χ0) is 20.0. The smallest absolute Gasteiger partial charge is 0.275 e. The van der Waals surface area contributed by atoms with E-state index in [-0.39, 0.29) is 23.3 Å². The van der Waals surface area contributed by atoms with E-state index in [4.69, 9.17) is 16.6 Å². The Balaban J connectivity index is 2.12. The molecule has 1 aliphatic rings. The van der Waals surface area contributed by atoms with Gasteiger partial charge in [0.2, 0.25) is 0 Å². The van der Waals surface area contributed by atoms with E-state index in [1.165, 1.54) is 31.7 Å². The summed E-state index contributed by atoms with van der Waals surface area (Å²) in [7, 11) is 1.67. The van der Waals surface area contributed by atoms with Gasteiger partial charge in [0, 0.05) is 19.2 Å².